The van der Waals surface area contributed by atoms with Crippen LogP contribution in [0.1, 0.15) is 35.7 Å². The van der Waals surface area contributed by atoms with Gasteiger partial charge in [-0.25, -0.2) is 8.78 Å². The molecule has 0 saturated heterocycles. The fourth-order valence-electron chi connectivity index (χ4n) is 1.63. The van der Waals surface area contributed by atoms with Crippen LogP contribution in [0.25, 0.3) is 0 Å². The largest absolute Gasteiger partial charge is 0.466 e. The van der Waals surface area contributed by atoms with Crippen molar-refractivity contribution >= 4 is 5.97 Å². The summed E-state index contributed by atoms with van der Waals surface area (Å²) < 4.78 is 30.3. The molecule has 0 unspecified atom stereocenters. The maximum atomic E-state index is 12.8. The van der Waals surface area contributed by atoms with Crippen molar-refractivity contribution < 1.29 is 18.3 Å². The molecule has 1 aromatic heterocycles. The average molecular weight is 269 g/mol. The van der Waals surface area contributed by atoms with Crippen LogP contribution in [0, 0.1) is 11.3 Å². The van der Waals surface area contributed by atoms with Gasteiger partial charge in [0.15, 0.2) is 0 Å². The molecule has 1 rings (SSSR count). The Hall–Kier alpha value is -2.07. The van der Waals surface area contributed by atoms with Crippen molar-refractivity contribution in [3.05, 3.63) is 28.6 Å². The van der Waals surface area contributed by atoms with Gasteiger partial charge in [-0.1, -0.05) is 0 Å². The molecule has 0 saturated carbocycles. The molecule has 102 valence electrons. The number of ether oxygens (including phenoxy) is 1. The van der Waals surface area contributed by atoms with E-state index in [1.165, 1.54) is 0 Å². The summed E-state index contributed by atoms with van der Waals surface area (Å²) in [5, 5.41) is 9.01. The first-order valence-electron chi connectivity index (χ1n) is 5.59. The predicted molar refractivity (Wildman–Crippen MR) is 62.1 cm³/mol. The number of carbonyl (C=O) groups is 1. The van der Waals surface area contributed by atoms with Gasteiger partial charge in [-0.05, 0) is 6.92 Å². The molecule has 0 spiro atoms. The number of carbonyl (C=O) groups excluding carboxylic acids is 1. The molecule has 0 fully saturated rings. The van der Waals surface area contributed by atoms with Crippen molar-refractivity contribution in [1.29, 1.82) is 5.26 Å². The lowest BCUT2D eigenvalue weighted by Gasteiger charge is -2.12. The molecule has 0 aliphatic carbocycles. The van der Waals surface area contributed by atoms with Crippen molar-refractivity contribution in [3.63, 3.8) is 0 Å². The third kappa shape index (κ3) is 3.45. The van der Waals surface area contributed by atoms with Crippen molar-refractivity contribution in [2.24, 2.45) is 5.73 Å². The van der Waals surface area contributed by atoms with Gasteiger partial charge < -0.3 is 10.5 Å². The highest BCUT2D eigenvalue weighted by Gasteiger charge is 2.21. The summed E-state index contributed by atoms with van der Waals surface area (Å²) in [6, 6.07) is 1.68. The Bertz CT molecular complexity index is 512. The third-order valence-electron chi connectivity index (χ3n) is 2.46. The number of nitrogens with zero attached hydrogens (tertiary/aromatic N) is 2. The minimum atomic E-state index is -2.84. The molecule has 0 bridgehead atoms. The molecule has 7 heteroatoms. The van der Waals surface area contributed by atoms with Gasteiger partial charge in [-0.2, -0.15) is 5.26 Å². The summed E-state index contributed by atoms with van der Waals surface area (Å²) in [7, 11) is 0. The molecule has 0 radical (unpaired) electrons. The lowest BCUT2D eigenvalue weighted by atomic mass is 9.99. The fourth-order valence-corrected chi connectivity index (χ4v) is 1.63. The SMILES string of the molecule is CCOC(=O)Cc1c(CN)ncc(C(F)F)c1C#N. The van der Waals surface area contributed by atoms with E-state index < -0.39 is 18.0 Å². The summed E-state index contributed by atoms with van der Waals surface area (Å²) in [6.45, 7) is 1.74. The Morgan fingerprint density at radius 2 is 2.32 bits per heavy atom. The van der Waals surface area contributed by atoms with E-state index in [0.29, 0.717) is 0 Å². The molecule has 0 aromatic carbocycles. The highest BCUT2D eigenvalue weighted by atomic mass is 19.3. The first kappa shape index (κ1) is 15.0. The Morgan fingerprint density at radius 1 is 1.63 bits per heavy atom. The van der Waals surface area contributed by atoms with Crippen molar-refractivity contribution in [2.75, 3.05) is 6.61 Å². The highest BCUT2D eigenvalue weighted by molar-refractivity contribution is 5.74. The van der Waals surface area contributed by atoms with Crippen LogP contribution in [0.5, 0.6) is 0 Å². The van der Waals surface area contributed by atoms with Crippen LogP contribution in [0.3, 0.4) is 0 Å². The zero-order valence-corrected chi connectivity index (χ0v) is 10.3. The molecule has 0 aliphatic rings. The molecular formula is C12H13F2N3O2. The molecule has 0 atom stereocenters. The standard InChI is InChI=1S/C12H13F2N3O2/c1-2-19-11(18)3-7-8(4-15)9(12(13)14)6-17-10(7)5-16/h6,12H,2-3,5,16H2,1H3. The van der Waals surface area contributed by atoms with Gasteiger partial charge >= 0.3 is 5.97 Å². The lowest BCUT2D eigenvalue weighted by Crippen LogP contribution is -2.15. The Labute approximate surface area is 109 Å². The number of halogens is 2. The van der Waals surface area contributed by atoms with Crippen LogP contribution < -0.4 is 5.73 Å². The molecule has 0 amide bonds. The van der Waals surface area contributed by atoms with Crippen LogP contribution in [-0.4, -0.2) is 17.6 Å². The average Bonchev–Trinajstić information content (AvgIpc) is 2.38. The summed E-state index contributed by atoms with van der Waals surface area (Å²) in [5.74, 6) is -0.609. The number of hydrogen-bond donors (Lipinski definition) is 1. The lowest BCUT2D eigenvalue weighted by molar-refractivity contribution is -0.142. The quantitative estimate of drug-likeness (QED) is 0.817. The van der Waals surface area contributed by atoms with Crippen molar-refractivity contribution in [3.8, 4) is 6.07 Å². The third-order valence-corrected chi connectivity index (χ3v) is 2.46. The first-order valence-corrected chi connectivity index (χ1v) is 5.59. The summed E-state index contributed by atoms with van der Waals surface area (Å²) >= 11 is 0. The highest BCUT2D eigenvalue weighted by Crippen LogP contribution is 2.26. The predicted octanol–water partition coefficient (Wildman–Crippen LogP) is 1.46. The smallest absolute Gasteiger partial charge is 0.310 e. The summed E-state index contributed by atoms with van der Waals surface area (Å²) in [6.07, 6.45) is -2.22. The van der Waals surface area contributed by atoms with Crippen LogP contribution in [-0.2, 0) is 22.5 Å². The van der Waals surface area contributed by atoms with Gasteiger partial charge in [0, 0.05) is 18.3 Å². The van der Waals surface area contributed by atoms with Gasteiger partial charge in [0.25, 0.3) is 6.43 Å². The van der Waals surface area contributed by atoms with E-state index in [0.717, 1.165) is 6.20 Å². The van der Waals surface area contributed by atoms with E-state index in [2.05, 4.69) is 4.98 Å². The molecule has 5 nitrogen and oxygen atoms in total. The van der Waals surface area contributed by atoms with E-state index in [4.69, 9.17) is 15.7 Å². The number of pyridine rings is 1. The van der Waals surface area contributed by atoms with Gasteiger partial charge in [0.2, 0.25) is 0 Å². The molecular weight excluding hydrogens is 256 g/mol. The van der Waals surface area contributed by atoms with Gasteiger partial charge in [0.05, 0.1) is 29.8 Å². The molecule has 1 aromatic rings. The van der Waals surface area contributed by atoms with Crippen LogP contribution >= 0.6 is 0 Å². The van der Waals surface area contributed by atoms with Crippen LogP contribution in [0.15, 0.2) is 6.20 Å². The van der Waals surface area contributed by atoms with Crippen molar-refractivity contribution in [1.82, 2.24) is 4.98 Å². The van der Waals surface area contributed by atoms with E-state index in [-0.39, 0.29) is 36.4 Å². The first-order chi connectivity index (χ1) is 9.04. The Morgan fingerprint density at radius 3 is 2.79 bits per heavy atom. The Kier molecular flexibility index (Phi) is 5.33. The second-order valence-corrected chi connectivity index (χ2v) is 3.61. The molecule has 19 heavy (non-hydrogen) atoms. The zero-order valence-electron chi connectivity index (χ0n) is 10.3. The van der Waals surface area contributed by atoms with Gasteiger partial charge in [-0.3, -0.25) is 9.78 Å². The molecule has 0 aliphatic heterocycles. The normalized spacial score (nSPS) is 10.3. The second kappa shape index (κ2) is 6.75. The van der Waals surface area contributed by atoms with E-state index in [9.17, 15) is 13.6 Å². The fraction of sp³-hybridized carbons (Fsp3) is 0.417. The number of aromatic nitrogens is 1. The van der Waals surface area contributed by atoms with E-state index in [1.54, 1.807) is 13.0 Å². The van der Waals surface area contributed by atoms with Crippen molar-refractivity contribution in [2.45, 2.75) is 26.3 Å². The van der Waals surface area contributed by atoms with E-state index in [1.807, 2.05) is 0 Å². The zero-order chi connectivity index (χ0) is 14.4. The summed E-state index contributed by atoms with van der Waals surface area (Å²) in [5.41, 5.74) is 5.04. The van der Waals surface area contributed by atoms with Crippen LogP contribution in [0.2, 0.25) is 0 Å². The number of esters is 1. The minimum absolute atomic E-state index is 0.0487. The monoisotopic (exact) mass is 269 g/mol. The number of alkyl halides is 2. The second-order valence-electron chi connectivity index (χ2n) is 3.61. The van der Waals surface area contributed by atoms with Crippen LogP contribution in [0.4, 0.5) is 8.78 Å². The Balaban J connectivity index is 3.28. The maximum absolute atomic E-state index is 12.8. The topological polar surface area (TPSA) is 89.0 Å². The molecule has 1 heterocycles. The van der Waals surface area contributed by atoms with Gasteiger partial charge in [-0.15, -0.1) is 0 Å². The summed E-state index contributed by atoms with van der Waals surface area (Å²) in [4.78, 5) is 15.2. The molecule has 2 N–H and O–H groups in total. The number of hydrogen-bond acceptors (Lipinski definition) is 5. The van der Waals surface area contributed by atoms with E-state index >= 15 is 0 Å². The number of nitriles is 1. The number of rotatable bonds is 5. The maximum Gasteiger partial charge on any atom is 0.310 e. The van der Waals surface area contributed by atoms with Gasteiger partial charge in [0.1, 0.15) is 6.07 Å². The number of nitrogens with two attached hydrogens (primary N) is 1. The minimum Gasteiger partial charge on any atom is -0.466 e.